The Morgan fingerprint density at radius 2 is 2.16 bits per heavy atom. The third kappa shape index (κ3) is 4.27. The minimum Gasteiger partial charge on any atom is -0.384 e. The first-order chi connectivity index (χ1) is 9.29. The van der Waals surface area contributed by atoms with Crippen LogP contribution in [-0.2, 0) is 6.54 Å². The fourth-order valence-corrected chi connectivity index (χ4v) is 2.86. The Morgan fingerprint density at radius 3 is 2.89 bits per heavy atom. The van der Waals surface area contributed by atoms with Gasteiger partial charge >= 0.3 is 6.03 Å². The van der Waals surface area contributed by atoms with Gasteiger partial charge < -0.3 is 15.3 Å². The van der Waals surface area contributed by atoms with E-state index in [0.29, 0.717) is 6.54 Å². The Hall–Kier alpha value is -1.51. The van der Waals surface area contributed by atoms with Gasteiger partial charge in [-0.15, -0.1) is 11.3 Å². The molecule has 0 saturated carbocycles. The predicted octanol–water partition coefficient (Wildman–Crippen LogP) is 1.79. The Labute approximate surface area is 117 Å². The van der Waals surface area contributed by atoms with Crippen molar-refractivity contribution >= 4 is 17.4 Å². The van der Waals surface area contributed by atoms with Crippen LogP contribution in [0.5, 0.6) is 0 Å². The molecule has 102 valence electrons. The second kappa shape index (κ2) is 7.17. The largest absolute Gasteiger partial charge is 0.384 e. The summed E-state index contributed by atoms with van der Waals surface area (Å²) in [6.07, 6.45) is 3.43. The van der Waals surface area contributed by atoms with E-state index in [9.17, 15) is 4.79 Å². The molecular formula is C14H18N2O2S. The summed E-state index contributed by atoms with van der Waals surface area (Å²) in [5, 5.41) is 11.6. The van der Waals surface area contributed by atoms with E-state index in [1.165, 1.54) is 6.42 Å². The summed E-state index contributed by atoms with van der Waals surface area (Å²) in [5.74, 6) is 5.48. The summed E-state index contributed by atoms with van der Waals surface area (Å²) in [6.45, 7) is 2.15. The number of carbonyl (C=O) groups excluding carboxylic acids is 1. The van der Waals surface area contributed by atoms with Crippen molar-refractivity contribution < 1.29 is 9.90 Å². The molecule has 2 N–H and O–H groups in total. The monoisotopic (exact) mass is 278 g/mol. The Kier molecular flexibility index (Phi) is 5.25. The van der Waals surface area contributed by atoms with Crippen LogP contribution in [0, 0.1) is 11.8 Å². The average molecular weight is 278 g/mol. The standard InChI is InChI=1S/C14H18N2O2S/c17-10-4-5-12-6-7-13(19-12)11-15-14(18)16-8-2-1-3-9-16/h6-7,17H,1-3,8-11H2,(H,15,18). The fourth-order valence-electron chi connectivity index (χ4n) is 2.04. The molecule has 1 fully saturated rings. The third-order valence-electron chi connectivity index (χ3n) is 3.01. The molecule has 0 atom stereocenters. The van der Waals surface area contributed by atoms with E-state index in [2.05, 4.69) is 17.2 Å². The quantitative estimate of drug-likeness (QED) is 0.810. The number of amides is 2. The fraction of sp³-hybridized carbons (Fsp3) is 0.500. The molecule has 0 aromatic carbocycles. The molecule has 5 heteroatoms. The first-order valence-corrected chi connectivity index (χ1v) is 7.32. The molecule has 0 radical (unpaired) electrons. The molecule has 1 aromatic rings. The molecule has 0 unspecified atom stereocenters. The SMILES string of the molecule is O=C(NCc1ccc(C#CCO)s1)N1CCCCC1. The number of aliphatic hydroxyl groups is 1. The molecule has 2 heterocycles. The first-order valence-electron chi connectivity index (χ1n) is 6.51. The second-order valence-corrected chi connectivity index (χ2v) is 5.60. The van der Waals surface area contributed by atoms with Crippen molar-refractivity contribution in [3.8, 4) is 11.8 Å². The van der Waals surface area contributed by atoms with E-state index >= 15 is 0 Å². The average Bonchev–Trinajstić information content (AvgIpc) is 2.91. The molecule has 1 saturated heterocycles. The number of thiophene rings is 1. The van der Waals surface area contributed by atoms with Gasteiger partial charge in [0.25, 0.3) is 0 Å². The zero-order valence-electron chi connectivity index (χ0n) is 10.8. The molecule has 0 spiro atoms. The Bertz CT molecular complexity index is 481. The number of piperidine rings is 1. The van der Waals surface area contributed by atoms with Gasteiger partial charge in [0.1, 0.15) is 6.61 Å². The first kappa shape index (κ1) is 13.9. The number of urea groups is 1. The zero-order chi connectivity index (χ0) is 13.5. The molecule has 1 aromatic heterocycles. The maximum absolute atomic E-state index is 11.9. The number of aliphatic hydroxyl groups excluding tert-OH is 1. The molecule has 4 nitrogen and oxygen atoms in total. The van der Waals surface area contributed by atoms with Crippen molar-refractivity contribution in [3.05, 3.63) is 21.9 Å². The summed E-state index contributed by atoms with van der Waals surface area (Å²) in [6, 6.07) is 3.90. The molecule has 1 aliphatic heterocycles. The number of likely N-dealkylation sites (tertiary alicyclic amines) is 1. The van der Waals surface area contributed by atoms with Crippen LogP contribution >= 0.6 is 11.3 Å². The molecule has 1 aliphatic rings. The topological polar surface area (TPSA) is 52.6 Å². The minimum absolute atomic E-state index is 0.0242. The molecule has 19 heavy (non-hydrogen) atoms. The van der Waals surface area contributed by atoms with Crippen molar-refractivity contribution in [1.82, 2.24) is 10.2 Å². The van der Waals surface area contributed by atoms with Crippen LogP contribution in [0.25, 0.3) is 0 Å². The highest BCUT2D eigenvalue weighted by atomic mass is 32.1. The van der Waals surface area contributed by atoms with Gasteiger partial charge in [0.2, 0.25) is 0 Å². The van der Waals surface area contributed by atoms with E-state index in [0.717, 1.165) is 35.7 Å². The highest BCUT2D eigenvalue weighted by molar-refractivity contribution is 7.12. The van der Waals surface area contributed by atoms with Gasteiger partial charge in [-0.05, 0) is 31.4 Å². The van der Waals surface area contributed by atoms with Crippen molar-refractivity contribution in [2.75, 3.05) is 19.7 Å². The molecule has 2 amide bonds. The van der Waals surface area contributed by atoms with E-state index in [1.54, 1.807) is 11.3 Å². The Morgan fingerprint density at radius 1 is 1.37 bits per heavy atom. The number of carbonyl (C=O) groups is 1. The highest BCUT2D eigenvalue weighted by Gasteiger charge is 2.15. The summed E-state index contributed by atoms with van der Waals surface area (Å²) in [7, 11) is 0. The lowest BCUT2D eigenvalue weighted by atomic mass is 10.1. The normalized spacial score (nSPS) is 14.7. The smallest absolute Gasteiger partial charge is 0.317 e. The highest BCUT2D eigenvalue weighted by Crippen LogP contribution is 2.15. The van der Waals surface area contributed by atoms with Crippen LogP contribution in [-0.4, -0.2) is 35.7 Å². The van der Waals surface area contributed by atoms with Crippen molar-refractivity contribution in [1.29, 1.82) is 0 Å². The lowest BCUT2D eigenvalue weighted by Gasteiger charge is -2.26. The van der Waals surface area contributed by atoms with Crippen LogP contribution in [0.4, 0.5) is 4.79 Å². The minimum atomic E-state index is -0.126. The van der Waals surface area contributed by atoms with Gasteiger partial charge in [0, 0.05) is 18.0 Å². The predicted molar refractivity (Wildman–Crippen MR) is 75.9 cm³/mol. The number of hydrogen-bond donors (Lipinski definition) is 2. The maximum atomic E-state index is 11.9. The lowest BCUT2D eigenvalue weighted by Crippen LogP contribution is -2.42. The van der Waals surface area contributed by atoms with E-state index in [1.807, 2.05) is 17.0 Å². The van der Waals surface area contributed by atoms with E-state index in [-0.39, 0.29) is 12.6 Å². The van der Waals surface area contributed by atoms with Crippen LogP contribution in [0.15, 0.2) is 12.1 Å². The molecule has 0 aliphatic carbocycles. The van der Waals surface area contributed by atoms with E-state index < -0.39 is 0 Å². The number of rotatable bonds is 2. The Balaban J connectivity index is 1.81. The van der Waals surface area contributed by atoms with Crippen LogP contribution in [0.1, 0.15) is 29.0 Å². The van der Waals surface area contributed by atoms with Crippen LogP contribution in [0.3, 0.4) is 0 Å². The molecular weight excluding hydrogens is 260 g/mol. The number of nitrogens with zero attached hydrogens (tertiary/aromatic N) is 1. The van der Waals surface area contributed by atoms with Crippen LogP contribution < -0.4 is 5.32 Å². The van der Waals surface area contributed by atoms with Crippen molar-refractivity contribution in [3.63, 3.8) is 0 Å². The third-order valence-corrected chi connectivity index (χ3v) is 4.01. The van der Waals surface area contributed by atoms with Gasteiger partial charge in [-0.3, -0.25) is 0 Å². The summed E-state index contributed by atoms with van der Waals surface area (Å²) >= 11 is 1.54. The zero-order valence-corrected chi connectivity index (χ0v) is 11.6. The molecule has 0 bridgehead atoms. The summed E-state index contributed by atoms with van der Waals surface area (Å²) < 4.78 is 0. The van der Waals surface area contributed by atoms with Crippen molar-refractivity contribution in [2.45, 2.75) is 25.8 Å². The van der Waals surface area contributed by atoms with Gasteiger partial charge in [0.05, 0.1) is 11.4 Å². The van der Waals surface area contributed by atoms with Crippen LogP contribution in [0.2, 0.25) is 0 Å². The lowest BCUT2D eigenvalue weighted by molar-refractivity contribution is 0.186. The number of hydrogen-bond acceptors (Lipinski definition) is 3. The van der Waals surface area contributed by atoms with Crippen molar-refractivity contribution in [2.24, 2.45) is 0 Å². The summed E-state index contributed by atoms with van der Waals surface area (Å²) in [4.78, 5) is 15.8. The van der Waals surface area contributed by atoms with E-state index in [4.69, 9.17) is 5.11 Å². The van der Waals surface area contributed by atoms with Gasteiger partial charge in [-0.2, -0.15) is 0 Å². The van der Waals surface area contributed by atoms with Gasteiger partial charge in [-0.1, -0.05) is 11.8 Å². The van der Waals surface area contributed by atoms with Gasteiger partial charge in [-0.25, -0.2) is 4.79 Å². The summed E-state index contributed by atoms with van der Waals surface area (Å²) in [5.41, 5.74) is 0. The molecule has 2 rings (SSSR count). The maximum Gasteiger partial charge on any atom is 0.317 e. The second-order valence-electron chi connectivity index (χ2n) is 4.43. The van der Waals surface area contributed by atoms with Gasteiger partial charge in [0.15, 0.2) is 0 Å². The number of nitrogens with one attached hydrogen (secondary N) is 1.